The molecule has 0 bridgehead atoms. The lowest BCUT2D eigenvalue weighted by molar-refractivity contribution is -0.131. The number of hydrogen-bond acceptors (Lipinski definition) is 5. The van der Waals surface area contributed by atoms with Gasteiger partial charge in [-0.15, -0.1) is 0 Å². The molecule has 2 aromatic rings. The average Bonchev–Trinajstić information content (AvgIpc) is 3.05. The quantitative estimate of drug-likeness (QED) is 0.860. The van der Waals surface area contributed by atoms with E-state index < -0.39 is 0 Å². The number of anilines is 2. The van der Waals surface area contributed by atoms with Crippen LogP contribution in [0, 0.1) is 0 Å². The zero-order valence-corrected chi connectivity index (χ0v) is 15.6. The molecule has 1 N–H and O–H groups in total. The van der Waals surface area contributed by atoms with Gasteiger partial charge in [0.1, 0.15) is 5.82 Å². The Balaban J connectivity index is 1.47. The van der Waals surface area contributed by atoms with Gasteiger partial charge in [-0.1, -0.05) is 0 Å². The maximum atomic E-state index is 12.5. The van der Waals surface area contributed by atoms with Gasteiger partial charge in [-0.3, -0.25) is 9.48 Å². The molecular weight excluding hydrogens is 328 g/mol. The summed E-state index contributed by atoms with van der Waals surface area (Å²) in [6, 6.07) is 6.35. The Labute approximate surface area is 155 Å². The van der Waals surface area contributed by atoms with E-state index in [1.165, 1.54) is 0 Å². The summed E-state index contributed by atoms with van der Waals surface area (Å²) >= 11 is 0. The number of nitrogens with one attached hydrogen (secondary N) is 1. The van der Waals surface area contributed by atoms with Gasteiger partial charge >= 0.3 is 0 Å². The Bertz CT molecular complexity index is 683. The third-order valence-electron chi connectivity index (χ3n) is 4.77. The molecule has 3 rings (SSSR count). The van der Waals surface area contributed by atoms with Gasteiger partial charge in [0.05, 0.1) is 11.9 Å². The predicted molar refractivity (Wildman–Crippen MR) is 103 cm³/mol. The molecule has 1 aliphatic heterocycles. The van der Waals surface area contributed by atoms with E-state index in [2.05, 4.69) is 21.5 Å². The largest absolute Gasteiger partial charge is 0.381 e. The Kier molecular flexibility index (Phi) is 6.09. The maximum absolute atomic E-state index is 12.5. The second kappa shape index (κ2) is 8.69. The van der Waals surface area contributed by atoms with Crippen LogP contribution in [0.3, 0.4) is 0 Å². The summed E-state index contributed by atoms with van der Waals surface area (Å²) in [5, 5.41) is 7.72. The average molecular weight is 356 g/mol. The highest BCUT2D eigenvalue weighted by Gasteiger charge is 2.20. The normalized spacial score (nSPS) is 17.6. The van der Waals surface area contributed by atoms with Crippen LogP contribution in [0.25, 0.3) is 0 Å². The first kappa shape index (κ1) is 18.2. The van der Waals surface area contributed by atoms with Crippen LogP contribution in [-0.2, 0) is 11.3 Å². The van der Waals surface area contributed by atoms with Crippen LogP contribution in [0.4, 0.5) is 11.5 Å². The van der Waals surface area contributed by atoms with E-state index in [1.807, 2.05) is 53.1 Å². The SMILES string of the molecule is CN(C)c1ccc(N[C@H]2CCCN(C(=O)CCn3cccn3)CC2)cn1. The number of aromatic nitrogens is 3. The van der Waals surface area contributed by atoms with Gasteiger partial charge in [0.25, 0.3) is 0 Å². The molecule has 2 aromatic heterocycles. The topological polar surface area (TPSA) is 66.3 Å². The molecule has 0 aliphatic carbocycles. The monoisotopic (exact) mass is 356 g/mol. The summed E-state index contributed by atoms with van der Waals surface area (Å²) in [7, 11) is 3.97. The van der Waals surface area contributed by atoms with Crippen LogP contribution in [0.1, 0.15) is 25.7 Å². The van der Waals surface area contributed by atoms with Gasteiger partial charge in [-0.05, 0) is 37.5 Å². The predicted octanol–water partition coefficient (Wildman–Crippen LogP) is 2.23. The summed E-state index contributed by atoms with van der Waals surface area (Å²) in [6.45, 7) is 2.29. The first-order valence-electron chi connectivity index (χ1n) is 9.27. The van der Waals surface area contributed by atoms with Crippen molar-refractivity contribution in [1.29, 1.82) is 0 Å². The van der Waals surface area contributed by atoms with Crippen LogP contribution in [0.2, 0.25) is 0 Å². The summed E-state index contributed by atoms with van der Waals surface area (Å²) in [4.78, 5) is 20.9. The zero-order valence-electron chi connectivity index (χ0n) is 15.6. The van der Waals surface area contributed by atoms with Crippen LogP contribution >= 0.6 is 0 Å². The molecule has 7 heteroatoms. The number of pyridine rings is 1. The molecule has 1 aliphatic rings. The lowest BCUT2D eigenvalue weighted by atomic mass is 10.1. The summed E-state index contributed by atoms with van der Waals surface area (Å²) in [5.74, 6) is 1.17. The van der Waals surface area contributed by atoms with Gasteiger partial charge in [0, 0.05) is 58.6 Å². The van der Waals surface area contributed by atoms with E-state index in [9.17, 15) is 4.79 Å². The molecule has 3 heterocycles. The molecule has 1 saturated heterocycles. The van der Waals surface area contributed by atoms with E-state index in [1.54, 1.807) is 6.20 Å². The standard InChI is InChI=1S/C19H28N6O/c1-23(2)18-7-6-17(15-20-18)22-16-5-3-11-24(13-8-16)19(26)9-14-25-12-4-10-21-25/h4,6-7,10,12,15-16,22H,3,5,8-9,11,13-14H2,1-2H3/t16-/m0/s1. The fourth-order valence-electron chi connectivity index (χ4n) is 3.26. The third kappa shape index (κ3) is 4.97. The highest BCUT2D eigenvalue weighted by atomic mass is 16.2. The molecule has 1 atom stereocenters. The minimum Gasteiger partial charge on any atom is -0.381 e. The summed E-state index contributed by atoms with van der Waals surface area (Å²) in [5.41, 5.74) is 1.04. The third-order valence-corrected chi connectivity index (χ3v) is 4.77. The van der Waals surface area contributed by atoms with Crippen molar-refractivity contribution in [3.05, 3.63) is 36.8 Å². The molecule has 26 heavy (non-hydrogen) atoms. The number of carbonyl (C=O) groups is 1. The van der Waals surface area contributed by atoms with Crippen molar-refractivity contribution in [2.75, 3.05) is 37.4 Å². The van der Waals surface area contributed by atoms with Crippen molar-refractivity contribution >= 4 is 17.4 Å². The zero-order chi connectivity index (χ0) is 18.4. The summed E-state index contributed by atoms with van der Waals surface area (Å²) in [6.07, 6.45) is 9.08. The molecule has 0 aromatic carbocycles. The van der Waals surface area contributed by atoms with Crippen molar-refractivity contribution in [3.63, 3.8) is 0 Å². The van der Waals surface area contributed by atoms with Crippen LogP contribution < -0.4 is 10.2 Å². The smallest absolute Gasteiger partial charge is 0.224 e. The van der Waals surface area contributed by atoms with E-state index in [-0.39, 0.29) is 5.91 Å². The van der Waals surface area contributed by atoms with E-state index in [0.717, 1.165) is 43.9 Å². The molecule has 140 valence electrons. The van der Waals surface area contributed by atoms with Gasteiger partial charge in [0.15, 0.2) is 0 Å². The Hall–Kier alpha value is -2.57. The Morgan fingerprint density at radius 3 is 2.88 bits per heavy atom. The van der Waals surface area contributed by atoms with Crippen molar-refractivity contribution in [1.82, 2.24) is 19.7 Å². The first-order chi connectivity index (χ1) is 12.6. The molecule has 0 radical (unpaired) electrons. The molecule has 0 unspecified atom stereocenters. The number of amides is 1. The van der Waals surface area contributed by atoms with Crippen molar-refractivity contribution < 1.29 is 4.79 Å². The van der Waals surface area contributed by atoms with Crippen LogP contribution in [0.5, 0.6) is 0 Å². The lowest BCUT2D eigenvalue weighted by Gasteiger charge is -2.21. The molecular formula is C19H28N6O. The first-order valence-corrected chi connectivity index (χ1v) is 9.27. The summed E-state index contributed by atoms with van der Waals surface area (Å²) < 4.78 is 1.81. The second-order valence-electron chi connectivity index (χ2n) is 6.97. The Morgan fingerprint density at radius 1 is 1.31 bits per heavy atom. The second-order valence-corrected chi connectivity index (χ2v) is 6.97. The molecule has 1 fully saturated rings. The fourth-order valence-corrected chi connectivity index (χ4v) is 3.26. The van der Waals surface area contributed by atoms with Crippen LogP contribution in [-0.4, -0.2) is 58.8 Å². The van der Waals surface area contributed by atoms with Crippen molar-refractivity contribution in [2.24, 2.45) is 0 Å². The van der Waals surface area contributed by atoms with Crippen molar-refractivity contribution in [3.8, 4) is 0 Å². The molecule has 1 amide bonds. The fraction of sp³-hybridized carbons (Fsp3) is 0.526. The van der Waals surface area contributed by atoms with Gasteiger partial charge in [-0.2, -0.15) is 5.10 Å². The lowest BCUT2D eigenvalue weighted by Crippen LogP contribution is -2.33. The van der Waals surface area contributed by atoms with Gasteiger partial charge in [0.2, 0.25) is 5.91 Å². The van der Waals surface area contributed by atoms with Crippen molar-refractivity contribution in [2.45, 2.75) is 38.3 Å². The number of rotatable bonds is 6. The molecule has 0 saturated carbocycles. The van der Waals surface area contributed by atoms with Gasteiger partial charge in [-0.25, -0.2) is 4.98 Å². The van der Waals surface area contributed by atoms with Crippen LogP contribution in [0.15, 0.2) is 36.8 Å². The highest BCUT2D eigenvalue weighted by molar-refractivity contribution is 5.76. The van der Waals surface area contributed by atoms with E-state index >= 15 is 0 Å². The number of nitrogens with zero attached hydrogens (tertiary/aromatic N) is 5. The van der Waals surface area contributed by atoms with E-state index in [0.29, 0.717) is 19.0 Å². The highest BCUT2D eigenvalue weighted by Crippen LogP contribution is 2.18. The number of hydrogen-bond donors (Lipinski definition) is 1. The minimum absolute atomic E-state index is 0.221. The minimum atomic E-state index is 0.221. The molecule has 0 spiro atoms. The maximum Gasteiger partial charge on any atom is 0.224 e. The molecule has 7 nitrogen and oxygen atoms in total. The number of aryl methyl sites for hydroxylation is 1. The van der Waals surface area contributed by atoms with Gasteiger partial charge < -0.3 is 15.1 Å². The number of carbonyl (C=O) groups excluding carboxylic acids is 1. The number of likely N-dealkylation sites (tertiary alicyclic amines) is 1. The Morgan fingerprint density at radius 2 is 2.19 bits per heavy atom. The van der Waals surface area contributed by atoms with E-state index in [4.69, 9.17) is 0 Å².